The molecular formula is C25H24BrN3O5. The average molecular weight is 526 g/mol. The molecule has 1 amide bonds. The van der Waals surface area contributed by atoms with Gasteiger partial charge in [0.1, 0.15) is 28.6 Å². The Kier molecular flexibility index (Phi) is 5.69. The molecule has 5 rings (SSSR count). The summed E-state index contributed by atoms with van der Waals surface area (Å²) in [6, 6.07) is 10.4. The molecule has 1 saturated heterocycles. The molecule has 0 radical (unpaired) electrons. The van der Waals surface area contributed by atoms with Crippen molar-refractivity contribution in [2.45, 2.75) is 32.4 Å². The zero-order valence-electron chi connectivity index (χ0n) is 19.1. The number of ether oxygens (including phenoxy) is 2. The van der Waals surface area contributed by atoms with E-state index in [4.69, 9.17) is 13.9 Å². The number of morpholine rings is 1. The van der Waals surface area contributed by atoms with Crippen molar-refractivity contribution in [3.8, 4) is 11.4 Å². The predicted molar refractivity (Wildman–Crippen MR) is 132 cm³/mol. The molecular weight excluding hydrogens is 502 g/mol. The summed E-state index contributed by atoms with van der Waals surface area (Å²) in [7, 11) is 0. The number of imidazole rings is 1. The third kappa shape index (κ3) is 4.33. The zero-order chi connectivity index (χ0) is 24.0. The summed E-state index contributed by atoms with van der Waals surface area (Å²) >= 11 is 3.41. The van der Waals surface area contributed by atoms with Gasteiger partial charge in [0, 0.05) is 16.6 Å². The number of nitrogens with zero attached hydrogens (tertiary/aromatic N) is 2. The van der Waals surface area contributed by atoms with Crippen LogP contribution in [0.2, 0.25) is 0 Å². The van der Waals surface area contributed by atoms with E-state index in [1.165, 1.54) is 0 Å². The molecule has 1 aliphatic rings. The van der Waals surface area contributed by atoms with Crippen molar-refractivity contribution in [3.05, 3.63) is 63.0 Å². The molecule has 1 N–H and O–H groups in total. The zero-order valence-corrected chi connectivity index (χ0v) is 20.6. The third-order valence-electron chi connectivity index (χ3n) is 5.62. The Hall–Kier alpha value is -3.17. The number of fused-ring (bicyclic) bond motifs is 2. The highest BCUT2D eigenvalue weighted by atomic mass is 79.9. The Morgan fingerprint density at radius 3 is 2.79 bits per heavy atom. The largest absolute Gasteiger partial charge is 0.456 e. The van der Waals surface area contributed by atoms with Gasteiger partial charge < -0.3 is 18.9 Å². The van der Waals surface area contributed by atoms with Crippen molar-refractivity contribution in [2.75, 3.05) is 19.8 Å². The number of rotatable bonds is 2. The second-order valence-electron chi connectivity index (χ2n) is 9.23. The Morgan fingerprint density at radius 2 is 2.00 bits per heavy atom. The molecule has 0 unspecified atom stereocenters. The van der Waals surface area contributed by atoms with Crippen molar-refractivity contribution in [2.24, 2.45) is 0 Å². The summed E-state index contributed by atoms with van der Waals surface area (Å²) in [5.41, 5.74) is 1.81. The van der Waals surface area contributed by atoms with Crippen molar-refractivity contribution in [1.29, 1.82) is 0 Å². The summed E-state index contributed by atoms with van der Waals surface area (Å²) in [5.74, 6) is 0.585. The van der Waals surface area contributed by atoms with Gasteiger partial charge in [0.2, 0.25) is 5.43 Å². The van der Waals surface area contributed by atoms with E-state index < -0.39 is 11.7 Å². The van der Waals surface area contributed by atoms with Gasteiger partial charge in [0.05, 0.1) is 35.9 Å². The van der Waals surface area contributed by atoms with Gasteiger partial charge in [-0.1, -0.05) is 15.9 Å². The molecule has 9 heteroatoms. The van der Waals surface area contributed by atoms with Crippen LogP contribution in [0.3, 0.4) is 0 Å². The maximum Gasteiger partial charge on any atom is 0.411 e. The van der Waals surface area contributed by atoms with Crippen molar-refractivity contribution in [3.63, 3.8) is 0 Å². The minimum Gasteiger partial charge on any atom is -0.456 e. The SMILES string of the molecule is CC(C)(C)OC(=O)N1CCOC[C@H]1c1cnc(-c2ccc3oc4cc(Br)ccc4c(=O)c3c2)[nH]1. The number of nitrogens with one attached hydrogen (secondary N) is 1. The van der Waals surface area contributed by atoms with Crippen LogP contribution in [0.25, 0.3) is 33.3 Å². The second kappa shape index (κ2) is 8.56. The first-order chi connectivity index (χ1) is 16.2. The molecule has 34 heavy (non-hydrogen) atoms. The third-order valence-corrected chi connectivity index (χ3v) is 6.11. The monoisotopic (exact) mass is 525 g/mol. The average Bonchev–Trinajstić information content (AvgIpc) is 3.28. The molecule has 0 aliphatic carbocycles. The van der Waals surface area contributed by atoms with Crippen LogP contribution < -0.4 is 5.43 Å². The smallest absolute Gasteiger partial charge is 0.411 e. The van der Waals surface area contributed by atoms with Gasteiger partial charge >= 0.3 is 6.09 Å². The number of H-pyrrole nitrogens is 1. The topological polar surface area (TPSA) is 97.7 Å². The van der Waals surface area contributed by atoms with E-state index >= 15 is 0 Å². The Balaban J connectivity index is 1.49. The second-order valence-corrected chi connectivity index (χ2v) is 10.1. The quantitative estimate of drug-likeness (QED) is 0.351. The molecule has 0 bridgehead atoms. The first-order valence-electron chi connectivity index (χ1n) is 11.0. The lowest BCUT2D eigenvalue weighted by molar-refractivity contribution is -0.0339. The van der Waals surface area contributed by atoms with Crippen LogP contribution in [0.5, 0.6) is 0 Å². The molecule has 2 aromatic heterocycles. The standard InChI is InChI=1S/C25H24BrN3O5/c1-25(2,3)34-24(31)29-8-9-32-13-19(29)18-12-27-23(28-18)14-4-7-20-17(10-14)22(30)16-6-5-15(26)11-21(16)33-20/h4-7,10-12,19H,8-9,13H2,1-3H3,(H,27,28)/t19-/m0/s1. The van der Waals surface area contributed by atoms with E-state index in [1.54, 1.807) is 35.4 Å². The minimum absolute atomic E-state index is 0.103. The van der Waals surface area contributed by atoms with Gasteiger partial charge in [-0.25, -0.2) is 9.78 Å². The molecule has 0 saturated carbocycles. The lowest BCUT2D eigenvalue weighted by Gasteiger charge is -2.36. The molecule has 2 aromatic carbocycles. The van der Waals surface area contributed by atoms with Gasteiger partial charge in [-0.2, -0.15) is 0 Å². The summed E-state index contributed by atoms with van der Waals surface area (Å²) in [6.45, 7) is 6.73. The maximum atomic E-state index is 13.1. The fraction of sp³-hybridized carbons (Fsp3) is 0.320. The van der Waals surface area contributed by atoms with Gasteiger partial charge in [0.15, 0.2) is 0 Å². The number of hydrogen-bond donors (Lipinski definition) is 1. The summed E-state index contributed by atoms with van der Waals surface area (Å²) < 4.78 is 18.0. The van der Waals surface area contributed by atoms with Crippen LogP contribution in [0.15, 0.2) is 56.3 Å². The molecule has 1 aliphatic heterocycles. The minimum atomic E-state index is -0.592. The Morgan fingerprint density at radius 1 is 1.18 bits per heavy atom. The van der Waals surface area contributed by atoms with Crippen molar-refractivity contribution >= 4 is 44.0 Å². The van der Waals surface area contributed by atoms with E-state index in [1.807, 2.05) is 32.9 Å². The molecule has 3 heterocycles. The first kappa shape index (κ1) is 22.6. The maximum absolute atomic E-state index is 13.1. The van der Waals surface area contributed by atoms with Gasteiger partial charge in [-0.3, -0.25) is 9.69 Å². The van der Waals surface area contributed by atoms with Gasteiger partial charge in [-0.05, 0) is 57.2 Å². The highest BCUT2D eigenvalue weighted by Gasteiger charge is 2.33. The molecule has 8 nitrogen and oxygen atoms in total. The number of amides is 1. The van der Waals surface area contributed by atoms with Crippen LogP contribution in [-0.4, -0.2) is 46.3 Å². The number of benzene rings is 2. The van der Waals surface area contributed by atoms with Crippen LogP contribution in [0.4, 0.5) is 4.79 Å². The number of hydrogen-bond acceptors (Lipinski definition) is 6. The van der Waals surface area contributed by atoms with E-state index in [0.29, 0.717) is 47.5 Å². The van der Waals surface area contributed by atoms with Crippen molar-refractivity contribution in [1.82, 2.24) is 14.9 Å². The lowest BCUT2D eigenvalue weighted by Crippen LogP contribution is -2.45. The molecule has 4 aromatic rings. The van der Waals surface area contributed by atoms with Crippen LogP contribution in [-0.2, 0) is 9.47 Å². The number of carbonyl (C=O) groups excluding carboxylic acids is 1. The fourth-order valence-corrected chi connectivity index (χ4v) is 4.37. The molecule has 1 fully saturated rings. The fourth-order valence-electron chi connectivity index (χ4n) is 4.03. The van der Waals surface area contributed by atoms with Crippen LogP contribution in [0, 0.1) is 0 Å². The van der Waals surface area contributed by atoms with Gasteiger partial charge in [0.25, 0.3) is 0 Å². The number of aromatic amines is 1. The first-order valence-corrected chi connectivity index (χ1v) is 11.8. The Labute approximate surface area is 204 Å². The van der Waals surface area contributed by atoms with Crippen LogP contribution >= 0.6 is 15.9 Å². The number of aromatic nitrogens is 2. The highest BCUT2D eigenvalue weighted by Crippen LogP contribution is 2.29. The van der Waals surface area contributed by atoms with E-state index in [2.05, 4.69) is 25.9 Å². The van der Waals surface area contributed by atoms with E-state index in [-0.39, 0.29) is 11.5 Å². The molecule has 176 valence electrons. The molecule has 1 atom stereocenters. The van der Waals surface area contributed by atoms with Crippen molar-refractivity contribution < 1.29 is 18.7 Å². The predicted octanol–water partition coefficient (Wildman–Crippen LogP) is 5.41. The van der Waals surface area contributed by atoms with Crippen LogP contribution in [0.1, 0.15) is 32.5 Å². The molecule has 0 spiro atoms. The summed E-state index contributed by atoms with van der Waals surface area (Å²) in [4.78, 5) is 35.3. The summed E-state index contributed by atoms with van der Waals surface area (Å²) in [6.07, 6.45) is 1.30. The number of carbonyl (C=O) groups is 1. The Bertz CT molecular complexity index is 1450. The number of halogens is 1. The highest BCUT2D eigenvalue weighted by molar-refractivity contribution is 9.10. The normalized spacial score (nSPS) is 16.8. The van der Waals surface area contributed by atoms with Gasteiger partial charge in [-0.15, -0.1) is 0 Å². The summed E-state index contributed by atoms with van der Waals surface area (Å²) in [5, 5.41) is 0.988. The van der Waals surface area contributed by atoms with E-state index in [0.717, 1.165) is 15.7 Å². The van der Waals surface area contributed by atoms with E-state index in [9.17, 15) is 9.59 Å². The lowest BCUT2D eigenvalue weighted by atomic mass is 10.1.